The van der Waals surface area contributed by atoms with Crippen LogP contribution >= 0.6 is 0 Å². The molecule has 0 bridgehead atoms. The Balaban J connectivity index is 2.46. The minimum atomic E-state index is -0.479. The summed E-state index contributed by atoms with van der Waals surface area (Å²) in [7, 11) is 0. The Labute approximate surface area is 79.3 Å². The summed E-state index contributed by atoms with van der Waals surface area (Å²) in [4.78, 5) is 11.5. The minimum absolute atomic E-state index is 0.0704. The zero-order chi connectivity index (χ0) is 9.90. The number of terminal acetylenes is 1. The van der Waals surface area contributed by atoms with Gasteiger partial charge in [-0.25, -0.2) is 0 Å². The third-order valence-electron chi connectivity index (χ3n) is 2.58. The average molecular weight is 180 g/mol. The average Bonchev–Trinajstić information content (AvgIpc) is 2.01. The fraction of sp³-hybridized carbons (Fsp3) is 0.700. The molecule has 1 aliphatic heterocycles. The summed E-state index contributed by atoms with van der Waals surface area (Å²) in [5, 5.41) is 5.93. The summed E-state index contributed by atoms with van der Waals surface area (Å²) in [6.07, 6.45) is 6.10. The van der Waals surface area contributed by atoms with E-state index in [4.69, 9.17) is 6.42 Å². The first-order valence-corrected chi connectivity index (χ1v) is 4.62. The summed E-state index contributed by atoms with van der Waals surface area (Å²) >= 11 is 0. The minimum Gasteiger partial charge on any atom is -0.340 e. The highest BCUT2D eigenvalue weighted by molar-refractivity contribution is 5.81. The standard InChI is InChI=1S/C10H16N2O/c1-4-10(3,5-2)12-9(13)8-6-11-7-8/h1,8,11H,5-7H2,2-3H3,(H,12,13). The van der Waals surface area contributed by atoms with Crippen molar-refractivity contribution in [1.29, 1.82) is 0 Å². The van der Waals surface area contributed by atoms with Crippen LogP contribution in [-0.2, 0) is 4.79 Å². The van der Waals surface area contributed by atoms with Crippen LogP contribution in [0.5, 0.6) is 0 Å². The third kappa shape index (κ3) is 2.22. The van der Waals surface area contributed by atoms with E-state index in [9.17, 15) is 4.79 Å². The Kier molecular flexibility index (Phi) is 2.94. The molecule has 1 amide bonds. The van der Waals surface area contributed by atoms with Gasteiger partial charge in [0.05, 0.1) is 11.5 Å². The van der Waals surface area contributed by atoms with Crippen LogP contribution in [-0.4, -0.2) is 24.5 Å². The van der Waals surface area contributed by atoms with Crippen molar-refractivity contribution in [2.24, 2.45) is 5.92 Å². The van der Waals surface area contributed by atoms with Gasteiger partial charge < -0.3 is 10.6 Å². The summed E-state index contributed by atoms with van der Waals surface area (Å²) in [6, 6.07) is 0. The molecule has 0 aromatic rings. The van der Waals surface area contributed by atoms with E-state index in [-0.39, 0.29) is 11.8 Å². The number of carbonyl (C=O) groups is 1. The van der Waals surface area contributed by atoms with E-state index < -0.39 is 5.54 Å². The Hall–Kier alpha value is -1.01. The van der Waals surface area contributed by atoms with Gasteiger partial charge in [-0.2, -0.15) is 0 Å². The highest BCUT2D eigenvalue weighted by Gasteiger charge is 2.29. The molecule has 1 atom stereocenters. The smallest absolute Gasteiger partial charge is 0.226 e. The molecule has 13 heavy (non-hydrogen) atoms. The molecule has 1 aliphatic rings. The zero-order valence-electron chi connectivity index (χ0n) is 8.18. The van der Waals surface area contributed by atoms with Crippen molar-refractivity contribution >= 4 is 5.91 Å². The van der Waals surface area contributed by atoms with Crippen molar-refractivity contribution in [3.05, 3.63) is 0 Å². The van der Waals surface area contributed by atoms with Crippen molar-refractivity contribution in [2.45, 2.75) is 25.8 Å². The molecule has 72 valence electrons. The first-order valence-electron chi connectivity index (χ1n) is 4.62. The van der Waals surface area contributed by atoms with Gasteiger partial charge in [-0.1, -0.05) is 12.8 Å². The van der Waals surface area contributed by atoms with Crippen LogP contribution in [0.2, 0.25) is 0 Å². The van der Waals surface area contributed by atoms with Crippen LogP contribution in [0.4, 0.5) is 0 Å². The molecule has 3 heteroatoms. The predicted molar refractivity (Wildman–Crippen MR) is 52.0 cm³/mol. The lowest BCUT2D eigenvalue weighted by atomic mass is 9.96. The van der Waals surface area contributed by atoms with Crippen molar-refractivity contribution in [1.82, 2.24) is 10.6 Å². The molecular weight excluding hydrogens is 164 g/mol. The van der Waals surface area contributed by atoms with Gasteiger partial charge in [0.25, 0.3) is 0 Å². The van der Waals surface area contributed by atoms with Gasteiger partial charge in [0.15, 0.2) is 0 Å². The molecule has 1 saturated heterocycles. The Morgan fingerprint density at radius 3 is 2.69 bits per heavy atom. The quantitative estimate of drug-likeness (QED) is 0.606. The normalized spacial score (nSPS) is 21.0. The van der Waals surface area contributed by atoms with E-state index in [1.807, 2.05) is 13.8 Å². The van der Waals surface area contributed by atoms with Crippen LogP contribution in [0.1, 0.15) is 20.3 Å². The van der Waals surface area contributed by atoms with Gasteiger partial charge in [-0.15, -0.1) is 6.42 Å². The van der Waals surface area contributed by atoms with Gasteiger partial charge in [0.1, 0.15) is 0 Å². The maximum Gasteiger partial charge on any atom is 0.226 e. The van der Waals surface area contributed by atoms with E-state index in [1.165, 1.54) is 0 Å². The topological polar surface area (TPSA) is 41.1 Å². The SMILES string of the molecule is C#CC(C)(CC)NC(=O)C1CNC1. The molecule has 0 aliphatic carbocycles. The lowest BCUT2D eigenvalue weighted by Gasteiger charge is -2.31. The van der Waals surface area contributed by atoms with Crippen LogP contribution in [0.3, 0.4) is 0 Å². The van der Waals surface area contributed by atoms with Gasteiger partial charge >= 0.3 is 0 Å². The maximum absolute atomic E-state index is 11.5. The monoisotopic (exact) mass is 180 g/mol. The number of amides is 1. The molecule has 3 nitrogen and oxygen atoms in total. The Morgan fingerprint density at radius 1 is 1.77 bits per heavy atom. The molecule has 2 N–H and O–H groups in total. The highest BCUT2D eigenvalue weighted by atomic mass is 16.2. The van der Waals surface area contributed by atoms with E-state index in [1.54, 1.807) is 0 Å². The fourth-order valence-electron chi connectivity index (χ4n) is 1.07. The van der Waals surface area contributed by atoms with Crippen molar-refractivity contribution < 1.29 is 4.79 Å². The second-order valence-corrected chi connectivity index (χ2v) is 3.67. The molecule has 0 spiro atoms. The first-order chi connectivity index (χ1) is 6.11. The van der Waals surface area contributed by atoms with Gasteiger partial charge in [0, 0.05) is 13.1 Å². The highest BCUT2D eigenvalue weighted by Crippen LogP contribution is 2.10. The van der Waals surface area contributed by atoms with Gasteiger partial charge in [0.2, 0.25) is 5.91 Å². The molecule has 1 heterocycles. The number of carbonyl (C=O) groups excluding carboxylic acids is 1. The van der Waals surface area contributed by atoms with Crippen molar-refractivity contribution in [2.75, 3.05) is 13.1 Å². The third-order valence-corrected chi connectivity index (χ3v) is 2.58. The molecule has 0 aromatic carbocycles. The van der Waals surface area contributed by atoms with Crippen molar-refractivity contribution in [3.8, 4) is 12.3 Å². The molecule has 0 saturated carbocycles. The second-order valence-electron chi connectivity index (χ2n) is 3.67. The predicted octanol–water partition coefficient (Wildman–Crippen LogP) is 0.124. The maximum atomic E-state index is 11.5. The van der Waals surface area contributed by atoms with Gasteiger partial charge in [-0.05, 0) is 13.3 Å². The largest absolute Gasteiger partial charge is 0.340 e. The lowest BCUT2D eigenvalue weighted by Crippen LogP contribution is -2.55. The zero-order valence-corrected chi connectivity index (χ0v) is 8.18. The van der Waals surface area contributed by atoms with E-state index in [0.29, 0.717) is 0 Å². The van der Waals surface area contributed by atoms with E-state index >= 15 is 0 Å². The van der Waals surface area contributed by atoms with E-state index in [0.717, 1.165) is 19.5 Å². The van der Waals surface area contributed by atoms with Crippen LogP contribution in [0, 0.1) is 18.3 Å². The van der Waals surface area contributed by atoms with Crippen LogP contribution < -0.4 is 10.6 Å². The molecule has 0 aromatic heterocycles. The summed E-state index contributed by atoms with van der Waals surface area (Å²) < 4.78 is 0. The molecule has 1 unspecified atom stereocenters. The number of hydrogen-bond donors (Lipinski definition) is 2. The molecule has 0 radical (unpaired) electrons. The fourth-order valence-corrected chi connectivity index (χ4v) is 1.07. The first kappa shape index (κ1) is 10.1. The number of hydrogen-bond acceptors (Lipinski definition) is 2. The summed E-state index contributed by atoms with van der Waals surface area (Å²) in [5.41, 5.74) is -0.479. The molecular formula is C10H16N2O. The Bertz CT molecular complexity index is 240. The van der Waals surface area contributed by atoms with Crippen LogP contribution in [0.25, 0.3) is 0 Å². The van der Waals surface area contributed by atoms with Crippen molar-refractivity contribution in [3.63, 3.8) is 0 Å². The second kappa shape index (κ2) is 3.80. The number of nitrogens with one attached hydrogen (secondary N) is 2. The Morgan fingerprint density at radius 2 is 2.38 bits per heavy atom. The van der Waals surface area contributed by atoms with Gasteiger partial charge in [-0.3, -0.25) is 4.79 Å². The number of rotatable bonds is 3. The molecule has 1 rings (SSSR count). The summed E-state index contributed by atoms with van der Waals surface area (Å²) in [6.45, 7) is 5.39. The summed E-state index contributed by atoms with van der Waals surface area (Å²) in [5.74, 6) is 2.79. The lowest BCUT2D eigenvalue weighted by molar-refractivity contribution is -0.127. The van der Waals surface area contributed by atoms with E-state index in [2.05, 4.69) is 16.6 Å². The van der Waals surface area contributed by atoms with Crippen LogP contribution in [0.15, 0.2) is 0 Å². The molecule has 1 fully saturated rings.